The van der Waals surface area contributed by atoms with Gasteiger partial charge in [0.05, 0.1) is 12.2 Å². The number of hydrogen-bond acceptors (Lipinski definition) is 6. The maximum absolute atomic E-state index is 13.3. The fraction of sp³-hybridized carbons (Fsp3) is 0.154. The molecular formula is C26H22FN5O2. The average molecular weight is 455 g/mol. The Balaban J connectivity index is 1.41. The second-order valence-corrected chi connectivity index (χ2v) is 7.84. The second kappa shape index (κ2) is 9.66. The van der Waals surface area contributed by atoms with Crippen LogP contribution in [0.1, 0.15) is 27.2 Å². The van der Waals surface area contributed by atoms with Gasteiger partial charge < -0.3 is 15.0 Å². The topological polar surface area (TPSA) is 80.2 Å². The highest BCUT2D eigenvalue weighted by molar-refractivity contribution is 5.96. The minimum Gasteiger partial charge on any atom is -0.472 e. The molecular weight excluding hydrogens is 433 g/mol. The molecule has 0 atom stereocenters. The van der Waals surface area contributed by atoms with Crippen molar-refractivity contribution < 1.29 is 13.9 Å². The van der Waals surface area contributed by atoms with E-state index in [2.05, 4.69) is 26.3 Å². The summed E-state index contributed by atoms with van der Waals surface area (Å²) in [6, 6.07) is 19.6. The lowest BCUT2D eigenvalue weighted by atomic mass is 10.2. The van der Waals surface area contributed by atoms with E-state index in [9.17, 15) is 9.18 Å². The van der Waals surface area contributed by atoms with Crippen LogP contribution in [0.2, 0.25) is 0 Å². The van der Waals surface area contributed by atoms with Crippen molar-refractivity contribution in [1.82, 2.24) is 20.3 Å². The van der Waals surface area contributed by atoms with Gasteiger partial charge in [-0.05, 0) is 47.9 Å². The minimum atomic E-state index is -0.367. The van der Waals surface area contributed by atoms with Crippen LogP contribution in [0.3, 0.4) is 0 Å². The maximum atomic E-state index is 13.3. The third kappa shape index (κ3) is 4.71. The lowest BCUT2D eigenvalue weighted by Gasteiger charge is -2.19. The predicted molar refractivity (Wildman–Crippen MR) is 125 cm³/mol. The molecule has 0 saturated heterocycles. The number of nitrogens with one attached hydrogen (secondary N) is 1. The third-order valence-corrected chi connectivity index (χ3v) is 5.56. The van der Waals surface area contributed by atoms with Crippen LogP contribution in [-0.2, 0) is 19.6 Å². The zero-order chi connectivity index (χ0) is 23.3. The van der Waals surface area contributed by atoms with Crippen molar-refractivity contribution in [2.75, 3.05) is 11.4 Å². The summed E-state index contributed by atoms with van der Waals surface area (Å²) >= 11 is 0. The van der Waals surface area contributed by atoms with Crippen molar-refractivity contribution in [3.63, 3.8) is 0 Å². The van der Waals surface area contributed by atoms with E-state index in [-0.39, 0.29) is 36.3 Å². The molecule has 1 N–H and O–H groups in total. The van der Waals surface area contributed by atoms with E-state index in [1.807, 2.05) is 41.3 Å². The SMILES string of the molecule is O=C(NCc1ccccn1)c1cnc(N2CCc3ccccc32)nc1OCc1ccc(F)cc1. The molecule has 7 nitrogen and oxygen atoms in total. The zero-order valence-corrected chi connectivity index (χ0v) is 18.3. The van der Waals surface area contributed by atoms with Crippen molar-refractivity contribution >= 4 is 17.5 Å². The van der Waals surface area contributed by atoms with Crippen molar-refractivity contribution in [3.05, 3.63) is 107 Å². The largest absolute Gasteiger partial charge is 0.472 e. The molecule has 2 aromatic carbocycles. The summed E-state index contributed by atoms with van der Waals surface area (Å²) < 4.78 is 19.2. The number of aromatic nitrogens is 3. The van der Waals surface area contributed by atoms with E-state index in [0.717, 1.165) is 29.9 Å². The van der Waals surface area contributed by atoms with E-state index >= 15 is 0 Å². The Hall–Kier alpha value is -4.33. The van der Waals surface area contributed by atoms with Crippen molar-refractivity contribution in [2.24, 2.45) is 0 Å². The van der Waals surface area contributed by atoms with Gasteiger partial charge in [0.1, 0.15) is 18.0 Å². The fourth-order valence-electron chi connectivity index (χ4n) is 3.80. The van der Waals surface area contributed by atoms with Gasteiger partial charge in [-0.25, -0.2) is 9.37 Å². The molecule has 0 fully saturated rings. The van der Waals surface area contributed by atoms with Crippen molar-refractivity contribution in [2.45, 2.75) is 19.6 Å². The number of carbonyl (C=O) groups is 1. The van der Waals surface area contributed by atoms with Crippen LogP contribution in [0.4, 0.5) is 16.0 Å². The first-order valence-electron chi connectivity index (χ1n) is 11.0. The molecule has 1 aliphatic rings. The Morgan fingerprint density at radius 1 is 1.03 bits per heavy atom. The quantitative estimate of drug-likeness (QED) is 0.450. The van der Waals surface area contributed by atoms with Gasteiger partial charge >= 0.3 is 0 Å². The number of carbonyl (C=O) groups excluding carboxylic acids is 1. The number of rotatable bonds is 7. The number of pyridine rings is 1. The first kappa shape index (κ1) is 21.5. The van der Waals surface area contributed by atoms with Gasteiger partial charge in [-0.1, -0.05) is 36.4 Å². The van der Waals surface area contributed by atoms with Gasteiger partial charge in [-0.3, -0.25) is 9.78 Å². The number of para-hydroxylation sites is 1. The summed E-state index contributed by atoms with van der Waals surface area (Å²) in [7, 11) is 0. The van der Waals surface area contributed by atoms with Gasteiger partial charge in [0.2, 0.25) is 11.8 Å². The van der Waals surface area contributed by atoms with Crippen molar-refractivity contribution in [1.29, 1.82) is 0 Å². The van der Waals surface area contributed by atoms with Crippen LogP contribution in [0.25, 0.3) is 0 Å². The van der Waals surface area contributed by atoms with Crippen LogP contribution < -0.4 is 15.0 Å². The molecule has 0 unspecified atom stereocenters. The summed E-state index contributed by atoms with van der Waals surface area (Å²) in [6.45, 7) is 1.13. The Morgan fingerprint density at radius 3 is 2.68 bits per heavy atom. The van der Waals surface area contributed by atoms with Crippen LogP contribution in [0, 0.1) is 5.82 Å². The molecule has 0 radical (unpaired) electrons. The summed E-state index contributed by atoms with van der Waals surface area (Å²) in [4.78, 5) is 28.3. The summed E-state index contributed by atoms with van der Waals surface area (Å²) in [5.41, 5.74) is 3.97. The highest BCUT2D eigenvalue weighted by atomic mass is 19.1. The summed E-state index contributed by atoms with van der Waals surface area (Å²) in [6.07, 6.45) is 4.04. The molecule has 0 aliphatic carbocycles. The summed E-state index contributed by atoms with van der Waals surface area (Å²) in [5.74, 6) is -0.0685. The molecule has 4 aromatic rings. The Kier molecular flexibility index (Phi) is 6.11. The maximum Gasteiger partial charge on any atom is 0.258 e. The Labute approximate surface area is 196 Å². The van der Waals surface area contributed by atoms with Gasteiger partial charge in [0.25, 0.3) is 5.91 Å². The number of nitrogens with zero attached hydrogens (tertiary/aromatic N) is 4. The third-order valence-electron chi connectivity index (χ3n) is 5.56. The van der Waals surface area contributed by atoms with E-state index in [0.29, 0.717) is 5.95 Å². The summed E-state index contributed by atoms with van der Waals surface area (Å²) in [5, 5.41) is 2.84. The first-order chi connectivity index (χ1) is 16.7. The number of fused-ring (bicyclic) bond motifs is 1. The first-order valence-corrected chi connectivity index (χ1v) is 11.0. The van der Waals surface area contributed by atoms with Gasteiger partial charge in [-0.15, -0.1) is 0 Å². The average Bonchev–Trinajstić information content (AvgIpc) is 3.32. The number of hydrogen-bond donors (Lipinski definition) is 1. The highest BCUT2D eigenvalue weighted by Gasteiger charge is 2.24. The molecule has 5 rings (SSSR count). The van der Waals surface area contributed by atoms with Crippen LogP contribution in [0.15, 0.2) is 79.1 Å². The van der Waals surface area contributed by atoms with E-state index in [4.69, 9.17) is 4.74 Å². The van der Waals surface area contributed by atoms with Gasteiger partial charge in [0, 0.05) is 24.6 Å². The van der Waals surface area contributed by atoms with E-state index < -0.39 is 0 Å². The molecule has 3 heterocycles. The van der Waals surface area contributed by atoms with Crippen LogP contribution >= 0.6 is 0 Å². The van der Waals surface area contributed by atoms with E-state index in [1.165, 1.54) is 23.9 Å². The van der Waals surface area contributed by atoms with E-state index in [1.54, 1.807) is 18.3 Å². The minimum absolute atomic E-state index is 0.133. The second-order valence-electron chi connectivity index (χ2n) is 7.84. The monoisotopic (exact) mass is 455 g/mol. The molecule has 0 bridgehead atoms. The zero-order valence-electron chi connectivity index (χ0n) is 18.3. The van der Waals surface area contributed by atoms with Crippen LogP contribution in [-0.4, -0.2) is 27.4 Å². The van der Waals surface area contributed by atoms with Crippen molar-refractivity contribution in [3.8, 4) is 5.88 Å². The number of ether oxygens (including phenoxy) is 1. The number of halogens is 1. The standard InChI is InChI=1S/C26H22FN5O2/c27-20-10-8-18(9-11-20)17-34-25-22(24(33)29-15-21-6-3-4-13-28-21)16-30-26(31-25)32-14-12-19-5-1-2-7-23(19)32/h1-11,13,16H,12,14-15,17H2,(H,29,33). The van der Waals surface area contributed by atoms with Crippen LogP contribution in [0.5, 0.6) is 5.88 Å². The highest BCUT2D eigenvalue weighted by Crippen LogP contribution is 2.33. The van der Waals surface area contributed by atoms with Gasteiger partial charge in [-0.2, -0.15) is 4.98 Å². The molecule has 1 amide bonds. The number of anilines is 2. The van der Waals surface area contributed by atoms with Gasteiger partial charge in [0.15, 0.2) is 0 Å². The Bertz CT molecular complexity index is 1300. The lowest BCUT2D eigenvalue weighted by Crippen LogP contribution is -2.25. The normalized spacial score (nSPS) is 12.3. The Morgan fingerprint density at radius 2 is 1.85 bits per heavy atom. The number of amides is 1. The molecule has 34 heavy (non-hydrogen) atoms. The lowest BCUT2D eigenvalue weighted by molar-refractivity contribution is 0.0944. The molecule has 170 valence electrons. The molecule has 2 aromatic heterocycles. The molecule has 0 spiro atoms. The fourth-order valence-corrected chi connectivity index (χ4v) is 3.80. The predicted octanol–water partition coefficient (Wildman–Crippen LogP) is 4.21. The molecule has 8 heteroatoms. The number of benzene rings is 2. The molecule has 1 aliphatic heterocycles. The smallest absolute Gasteiger partial charge is 0.258 e. The molecule has 0 saturated carbocycles.